The Bertz CT molecular complexity index is 435. The van der Waals surface area contributed by atoms with Gasteiger partial charge in [0.25, 0.3) is 0 Å². The molecule has 0 atom stereocenters. The summed E-state index contributed by atoms with van der Waals surface area (Å²) in [4.78, 5) is 4.45. The van der Waals surface area contributed by atoms with E-state index in [-0.39, 0.29) is 6.61 Å². The van der Waals surface area contributed by atoms with Crippen LogP contribution >= 0.6 is 0 Å². The number of aliphatic hydroxyl groups excluding tert-OH is 1. The SMILES string of the molecule is OCCN=C(c1ccccc1)c1ccccc1. The fourth-order valence-electron chi connectivity index (χ4n) is 1.70. The first-order valence-corrected chi connectivity index (χ1v) is 5.68. The second-order valence-corrected chi connectivity index (χ2v) is 3.69. The normalized spacial score (nSPS) is 9.94. The second-order valence-electron chi connectivity index (χ2n) is 3.69. The predicted molar refractivity (Wildman–Crippen MR) is 70.5 cm³/mol. The molecule has 0 spiro atoms. The molecule has 0 heterocycles. The number of rotatable bonds is 4. The van der Waals surface area contributed by atoms with Crippen molar-refractivity contribution in [2.75, 3.05) is 13.2 Å². The van der Waals surface area contributed by atoms with E-state index in [1.54, 1.807) is 0 Å². The standard InChI is InChI=1S/C15H15NO/c17-12-11-16-15(13-7-3-1-4-8-13)14-9-5-2-6-10-14/h1-10,17H,11-12H2. The van der Waals surface area contributed by atoms with Gasteiger partial charge in [-0.15, -0.1) is 0 Å². The van der Waals surface area contributed by atoms with Crippen molar-refractivity contribution in [2.45, 2.75) is 0 Å². The van der Waals surface area contributed by atoms with Gasteiger partial charge < -0.3 is 5.11 Å². The van der Waals surface area contributed by atoms with Gasteiger partial charge in [-0.3, -0.25) is 4.99 Å². The van der Waals surface area contributed by atoms with Crippen molar-refractivity contribution in [1.29, 1.82) is 0 Å². The van der Waals surface area contributed by atoms with Crippen molar-refractivity contribution in [3.8, 4) is 0 Å². The smallest absolute Gasteiger partial charge is 0.0719 e. The molecule has 0 aliphatic heterocycles. The Morgan fingerprint density at radius 3 is 1.71 bits per heavy atom. The lowest BCUT2D eigenvalue weighted by Crippen LogP contribution is -2.05. The van der Waals surface area contributed by atoms with E-state index < -0.39 is 0 Å². The lowest BCUT2D eigenvalue weighted by Gasteiger charge is -2.06. The molecule has 17 heavy (non-hydrogen) atoms. The predicted octanol–water partition coefficient (Wildman–Crippen LogP) is 2.52. The van der Waals surface area contributed by atoms with Crippen molar-refractivity contribution in [2.24, 2.45) is 4.99 Å². The molecule has 2 aromatic rings. The van der Waals surface area contributed by atoms with Gasteiger partial charge in [0, 0.05) is 11.1 Å². The summed E-state index contributed by atoms with van der Waals surface area (Å²) in [6, 6.07) is 20.1. The third-order valence-corrected chi connectivity index (χ3v) is 2.46. The van der Waals surface area contributed by atoms with Gasteiger partial charge in [-0.2, -0.15) is 0 Å². The number of aliphatic hydroxyl groups is 1. The van der Waals surface area contributed by atoms with Gasteiger partial charge in [0.1, 0.15) is 0 Å². The maximum absolute atomic E-state index is 8.90. The molecule has 2 nitrogen and oxygen atoms in total. The van der Waals surface area contributed by atoms with E-state index in [1.165, 1.54) is 0 Å². The minimum Gasteiger partial charge on any atom is -0.394 e. The van der Waals surface area contributed by atoms with Crippen LogP contribution in [0.5, 0.6) is 0 Å². The lowest BCUT2D eigenvalue weighted by atomic mass is 10.0. The fraction of sp³-hybridized carbons (Fsp3) is 0.133. The van der Waals surface area contributed by atoms with Crippen LogP contribution in [0.15, 0.2) is 65.7 Å². The summed E-state index contributed by atoms with van der Waals surface area (Å²) in [5.41, 5.74) is 3.08. The monoisotopic (exact) mass is 225 g/mol. The van der Waals surface area contributed by atoms with Crippen LogP contribution in [-0.2, 0) is 0 Å². The minimum atomic E-state index is 0.0726. The average molecular weight is 225 g/mol. The van der Waals surface area contributed by atoms with Crippen LogP contribution in [0.4, 0.5) is 0 Å². The molecule has 0 aliphatic rings. The van der Waals surface area contributed by atoms with Crippen molar-refractivity contribution in [3.63, 3.8) is 0 Å². The van der Waals surface area contributed by atoms with Gasteiger partial charge in [-0.25, -0.2) is 0 Å². The van der Waals surface area contributed by atoms with Crippen LogP contribution < -0.4 is 0 Å². The first-order valence-electron chi connectivity index (χ1n) is 5.68. The molecule has 0 aliphatic carbocycles. The molecule has 0 unspecified atom stereocenters. The zero-order valence-electron chi connectivity index (χ0n) is 9.58. The van der Waals surface area contributed by atoms with Crippen LogP contribution in [-0.4, -0.2) is 24.0 Å². The number of aliphatic imine (C=N–C) groups is 1. The first kappa shape index (κ1) is 11.6. The van der Waals surface area contributed by atoms with Crippen LogP contribution in [0, 0.1) is 0 Å². The van der Waals surface area contributed by atoms with Crippen molar-refractivity contribution < 1.29 is 5.11 Å². The van der Waals surface area contributed by atoms with E-state index in [2.05, 4.69) is 4.99 Å². The van der Waals surface area contributed by atoms with Gasteiger partial charge in [0.05, 0.1) is 18.9 Å². The van der Waals surface area contributed by atoms with E-state index in [0.717, 1.165) is 16.8 Å². The van der Waals surface area contributed by atoms with Gasteiger partial charge in [0.2, 0.25) is 0 Å². The molecule has 2 heteroatoms. The maximum atomic E-state index is 8.90. The zero-order chi connectivity index (χ0) is 11.9. The average Bonchev–Trinajstić information content (AvgIpc) is 2.42. The minimum absolute atomic E-state index is 0.0726. The summed E-state index contributed by atoms with van der Waals surface area (Å²) in [5.74, 6) is 0. The van der Waals surface area contributed by atoms with E-state index in [1.807, 2.05) is 60.7 Å². The molecule has 86 valence electrons. The topological polar surface area (TPSA) is 32.6 Å². The number of nitrogens with zero attached hydrogens (tertiary/aromatic N) is 1. The summed E-state index contributed by atoms with van der Waals surface area (Å²) >= 11 is 0. The quantitative estimate of drug-likeness (QED) is 0.797. The third-order valence-electron chi connectivity index (χ3n) is 2.46. The Morgan fingerprint density at radius 1 is 0.824 bits per heavy atom. The molecule has 2 aromatic carbocycles. The molecule has 0 saturated carbocycles. The Morgan fingerprint density at radius 2 is 1.29 bits per heavy atom. The van der Waals surface area contributed by atoms with Gasteiger partial charge in [-0.05, 0) is 0 Å². The molecular weight excluding hydrogens is 210 g/mol. The molecule has 0 amide bonds. The van der Waals surface area contributed by atoms with Crippen LogP contribution in [0.3, 0.4) is 0 Å². The Labute approximate surface area is 101 Å². The van der Waals surface area contributed by atoms with Gasteiger partial charge in [0.15, 0.2) is 0 Å². The van der Waals surface area contributed by atoms with Gasteiger partial charge in [-0.1, -0.05) is 60.7 Å². The van der Waals surface area contributed by atoms with Crippen LogP contribution in [0.25, 0.3) is 0 Å². The molecule has 0 fully saturated rings. The van der Waals surface area contributed by atoms with Crippen molar-refractivity contribution >= 4 is 5.71 Å². The van der Waals surface area contributed by atoms with E-state index in [4.69, 9.17) is 5.11 Å². The third kappa shape index (κ3) is 3.02. The second kappa shape index (κ2) is 5.97. The van der Waals surface area contributed by atoms with E-state index in [0.29, 0.717) is 6.54 Å². The molecule has 0 bridgehead atoms. The van der Waals surface area contributed by atoms with Crippen LogP contribution in [0.2, 0.25) is 0 Å². The highest BCUT2D eigenvalue weighted by Gasteiger charge is 2.04. The van der Waals surface area contributed by atoms with E-state index >= 15 is 0 Å². The van der Waals surface area contributed by atoms with Gasteiger partial charge >= 0.3 is 0 Å². The summed E-state index contributed by atoms with van der Waals surface area (Å²) in [5, 5.41) is 8.90. The molecule has 2 rings (SSSR count). The lowest BCUT2D eigenvalue weighted by molar-refractivity contribution is 0.307. The summed E-state index contributed by atoms with van der Waals surface area (Å²) in [6.07, 6.45) is 0. The molecule has 0 radical (unpaired) electrons. The van der Waals surface area contributed by atoms with Crippen molar-refractivity contribution in [3.05, 3.63) is 71.8 Å². The number of hydrogen-bond acceptors (Lipinski definition) is 2. The van der Waals surface area contributed by atoms with Crippen molar-refractivity contribution in [1.82, 2.24) is 0 Å². The Balaban J connectivity index is 2.40. The Kier molecular flexibility index (Phi) is 4.05. The number of hydrogen-bond donors (Lipinski definition) is 1. The highest BCUT2D eigenvalue weighted by Crippen LogP contribution is 2.10. The Hall–Kier alpha value is -1.93. The summed E-state index contributed by atoms with van der Waals surface area (Å²) < 4.78 is 0. The maximum Gasteiger partial charge on any atom is 0.0719 e. The molecule has 0 saturated heterocycles. The first-order chi connectivity index (χ1) is 8.42. The highest BCUT2D eigenvalue weighted by atomic mass is 16.3. The molecule has 0 aromatic heterocycles. The number of benzene rings is 2. The summed E-state index contributed by atoms with van der Waals surface area (Å²) in [6.45, 7) is 0.502. The van der Waals surface area contributed by atoms with Crippen LogP contribution in [0.1, 0.15) is 11.1 Å². The summed E-state index contributed by atoms with van der Waals surface area (Å²) in [7, 11) is 0. The molecular formula is C15H15NO. The fourth-order valence-corrected chi connectivity index (χ4v) is 1.70. The largest absolute Gasteiger partial charge is 0.394 e. The highest BCUT2D eigenvalue weighted by molar-refractivity contribution is 6.12. The molecule has 1 N–H and O–H groups in total. The van der Waals surface area contributed by atoms with E-state index in [9.17, 15) is 0 Å². The zero-order valence-corrected chi connectivity index (χ0v) is 9.58.